The fourth-order valence-corrected chi connectivity index (χ4v) is 7.27. The minimum absolute atomic E-state index is 0.0472. The molecule has 156 valence electrons. The van der Waals surface area contributed by atoms with Crippen molar-refractivity contribution in [1.82, 2.24) is 19.2 Å². The summed E-state index contributed by atoms with van der Waals surface area (Å²) in [6.07, 6.45) is 6.79. The molecule has 28 heavy (non-hydrogen) atoms. The molecule has 5 aliphatic rings. The first-order valence-corrected chi connectivity index (χ1v) is 11.8. The number of carbonyl (C=O) groups excluding carboxylic acids is 1. The third kappa shape index (κ3) is 3.45. The molecule has 4 saturated carbocycles. The fourth-order valence-electron chi connectivity index (χ4n) is 6.32. The van der Waals surface area contributed by atoms with E-state index in [0.29, 0.717) is 24.3 Å². The zero-order valence-electron chi connectivity index (χ0n) is 16.7. The van der Waals surface area contributed by atoms with E-state index in [0.717, 1.165) is 38.5 Å². The van der Waals surface area contributed by atoms with Gasteiger partial charge in [-0.05, 0) is 62.7 Å². The monoisotopic (exact) mass is 409 g/mol. The summed E-state index contributed by atoms with van der Waals surface area (Å²) in [5.74, 6) is 1.49. The maximum absolute atomic E-state index is 12.8. The van der Waals surface area contributed by atoms with Crippen LogP contribution in [-0.4, -0.2) is 68.3 Å². The molecule has 4 atom stereocenters. The number of hydrogen-bond donors (Lipinski definition) is 2. The molecule has 4 aliphatic carbocycles. The van der Waals surface area contributed by atoms with Crippen LogP contribution in [0.1, 0.15) is 44.9 Å². The van der Waals surface area contributed by atoms with Gasteiger partial charge in [0.2, 0.25) is 5.91 Å². The van der Waals surface area contributed by atoms with E-state index in [9.17, 15) is 18.5 Å². The molecule has 0 spiro atoms. The molecule has 0 aromatic heterocycles. The minimum Gasteiger partial charge on any atom is -0.326 e. The lowest BCUT2D eigenvalue weighted by Gasteiger charge is -2.61. The summed E-state index contributed by atoms with van der Waals surface area (Å²) in [4.78, 5) is 14.4. The summed E-state index contributed by atoms with van der Waals surface area (Å²) < 4.78 is 29.3. The second kappa shape index (κ2) is 7.24. The molecular weight excluding hydrogens is 378 g/mol. The first-order valence-electron chi connectivity index (χ1n) is 10.4. The molecular formula is C19H31N5O3S. The zero-order valence-corrected chi connectivity index (χ0v) is 17.5. The Morgan fingerprint density at radius 1 is 1.25 bits per heavy atom. The highest BCUT2D eigenvalue weighted by atomic mass is 32.2. The van der Waals surface area contributed by atoms with Crippen LogP contribution in [0.5, 0.6) is 0 Å². The maximum atomic E-state index is 12.8. The minimum atomic E-state index is -3.54. The van der Waals surface area contributed by atoms with Gasteiger partial charge in [-0.2, -0.15) is 22.7 Å². The average molecular weight is 410 g/mol. The van der Waals surface area contributed by atoms with Crippen LogP contribution in [0.4, 0.5) is 0 Å². The Morgan fingerprint density at radius 3 is 2.54 bits per heavy atom. The van der Waals surface area contributed by atoms with Crippen molar-refractivity contribution in [2.24, 2.45) is 17.8 Å². The van der Waals surface area contributed by atoms with E-state index in [4.69, 9.17) is 0 Å². The Balaban J connectivity index is 1.52. The van der Waals surface area contributed by atoms with Crippen molar-refractivity contribution >= 4 is 16.1 Å². The third-order valence-electron chi connectivity index (χ3n) is 7.38. The Kier molecular flexibility index (Phi) is 5.19. The summed E-state index contributed by atoms with van der Waals surface area (Å²) in [5, 5.41) is 12.8. The van der Waals surface area contributed by atoms with Gasteiger partial charge in [-0.3, -0.25) is 4.79 Å². The highest BCUT2D eigenvalue weighted by Crippen LogP contribution is 2.55. The van der Waals surface area contributed by atoms with Gasteiger partial charge in [-0.25, -0.2) is 0 Å². The van der Waals surface area contributed by atoms with Gasteiger partial charge in [0.1, 0.15) is 6.04 Å². The quantitative estimate of drug-likeness (QED) is 0.662. The lowest BCUT2D eigenvalue weighted by Crippen LogP contribution is -2.72. The van der Waals surface area contributed by atoms with Crippen molar-refractivity contribution in [3.8, 4) is 6.07 Å². The number of hydrogen-bond acceptors (Lipinski definition) is 5. The molecule has 5 rings (SSSR count). The topological polar surface area (TPSA) is 106 Å². The number of likely N-dealkylation sites (tertiary alicyclic amines) is 1. The summed E-state index contributed by atoms with van der Waals surface area (Å²) in [7, 11) is -0.464. The van der Waals surface area contributed by atoms with Crippen LogP contribution in [0.3, 0.4) is 0 Å². The lowest BCUT2D eigenvalue weighted by molar-refractivity contribution is -0.131. The van der Waals surface area contributed by atoms with Crippen LogP contribution in [0, 0.1) is 29.1 Å². The smallest absolute Gasteiger partial charge is 0.279 e. The highest BCUT2D eigenvalue weighted by Gasteiger charge is 2.58. The first-order chi connectivity index (χ1) is 13.2. The third-order valence-corrected chi connectivity index (χ3v) is 8.90. The first kappa shape index (κ1) is 20.1. The van der Waals surface area contributed by atoms with E-state index in [1.54, 1.807) is 4.90 Å². The second-order valence-electron chi connectivity index (χ2n) is 9.37. The highest BCUT2D eigenvalue weighted by molar-refractivity contribution is 7.87. The van der Waals surface area contributed by atoms with Crippen molar-refractivity contribution in [1.29, 1.82) is 5.26 Å². The number of rotatable bonds is 6. The second-order valence-corrected chi connectivity index (χ2v) is 11.3. The molecule has 8 nitrogen and oxygen atoms in total. The van der Waals surface area contributed by atoms with E-state index in [1.807, 2.05) is 0 Å². The van der Waals surface area contributed by atoms with E-state index < -0.39 is 10.2 Å². The van der Waals surface area contributed by atoms with Crippen molar-refractivity contribution in [3.63, 3.8) is 0 Å². The van der Waals surface area contributed by atoms with Crippen LogP contribution in [0.25, 0.3) is 0 Å². The van der Waals surface area contributed by atoms with Crippen LogP contribution >= 0.6 is 0 Å². The largest absolute Gasteiger partial charge is 0.326 e. The summed E-state index contributed by atoms with van der Waals surface area (Å²) >= 11 is 0. The molecule has 1 amide bonds. The van der Waals surface area contributed by atoms with Crippen LogP contribution in [0.15, 0.2) is 0 Å². The Morgan fingerprint density at radius 2 is 1.93 bits per heavy atom. The van der Waals surface area contributed by atoms with Gasteiger partial charge < -0.3 is 10.2 Å². The summed E-state index contributed by atoms with van der Waals surface area (Å²) in [6.45, 7) is 0.806. The van der Waals surface area contributed by atoms with Crippen molar-refractivity contribution in [2.75, 3.05) is 27.2 Å². The molecule has 2 N–H and O–H groups in total. The fraction of sp³-hybridized carbons (Fsp3) is 0.895. The van der Waals surface area contributed by atoms with Gasteiger partial charge in [0, 0.05) is 32.2 Å². The van der Waals surface area contributed by atoms with Gasteiger partial charge in [-0.1, -0.05) is 0 Å². The molecule has 5 fully saturated rings. The van der Waals surface area contributed by atoms with E-state index in [2.05, 4.69) is 16.1 Å². The number of nitrogens with one attached hydrogen (secondary N) is 2. The number of nitrogens with zero attached hydrogens (tertiary/aromatic N) is 3. The average Bonchev–Trinajstić information content (AvgIpc) is 3.11. The molecule has 0 aromatic carbocycles. The molecule has 0 aromatic rings. The number of nitriles is 1. The van der Waals surface area contributed by atoms with Crippen molar-refractivity contribution < 1.29 is 13.2 Å². The summed E-state index contributed by atoms with van der Waals surface area (Å²) in [5.41, 5.74) is -0.366. The van der Waals surface area contributed by atoms with E-state index in [1.165, 1.54) is 24.8 Å². The Hall–Kier alpha value is -1.21. The van der Waals surface area contributed by atoms with E-state index >= 15 is 0 Å². The van der Waals surface area contributed by atoms with Crippen LogP contribution in [0.2, 0.25) is 0 Å². The number of amides is 1. The molecule has 4 bridgehead atoms. The Labute approximate surface area is 167 Å². The number of carbonyl (C=O) groups is 1. The zero-order chi connectivity index (χ0) is 20.1. The van der Waals surface area contributed by atoms with Gasteiger partial charge in [0.25, 0.3) is 10.2 Å². The van der Waals surface area contributed by atoms with Crippen LogP contribution in [-0.2, 0) is 15.0 Å². The summed E-state index contributed by atoms with van der Waals surface area (Å²) in [6, 6.07) is 1.71. The standard InChI is InChI=1S/C19H31N5O3S/c1-23(2)28(26,27)22-18-15-7-13-6-14(8-15)10-19(18,9-13)21-12-17(25)24-5-3-4-16(24)11-20/h13-16,18,21-22H,3-10,12H2,1-2H3. The molecule has 1 heterocycles. The molecule has 0 radical (unpaired) electrons. The molecule has 9 heteroatoms. The van der Waals surface area contributed by atoms with Crippen molar-refractivity contribution in [2.45, 2.75) is 62.6 Å². The van der Waals surface area contributed by atoms with Gasteiger partial charge in [0.15, 0.2) is 0 Å². The SMILES string of the molecule is CN(C)S(=O)(=O)NC1C2CC3CC(C2)CC1(NCC(=O)N1CCCC1C#N)C3. The van der Waals surface area contributed by atoms with Crippen LogP contribution < -0.4 is 10.0 Å². The van der Waals surface area contributed by atoms with Gasteiger partial charge in [0.05, 0.1) is 12.6 Å². The lowest BCUT2D eigenvalue weighted by atomic mass is 9.51. The molecule has 1 aliphatic heterocycles. The van der Waals surface area contributed by atoms with Gasteiger partial charge >= 0.3 is 0 Å². The molecule has 4 unspecified atom stereocenters. The van der Waals surface area contributed by atoms with Crippen molar-refractivity contribution in [3.05, 3.63) is 0 Å². The molecule has 1 saturated heterocycles. The van der Waals surface area contributed by atoms with Gasteiger partial charge in [-0.15, -0.1) is 0 Å². The normalized spacial score (nSPS) is 39.5. The maximum Gasteiger partial charge on any atom is 0.279 e. The Bertz CT molecular complexity index is 763. The predicted octanol–water partition coefficient (Wildman–Crippen LogP) is 0.434. The van der Waals surface area contributed by atoms with E-state index in [-0.39, 0.29) is 30.1 Å². The predicted molar refractivity (Wildman–Crippen MR) is 104 cm³/mol.